The van der Waals surface area contributed by atoms with Gasteiger partial charge < -0.3 is 10.4 Å². The van der Waals surface area contributed by atoms with Crippen molar-refractivity contribution in [2.24, 2.45) is 10.2 Å². The number of carboxylic acids is 1. The molecule has 1 aliphatic rings. The predicted octanol–water partition coefficient (Wildman–Crippen LogP) is 2.14. The lowest BCUT2D eigenvalue weighted by Crippen LogP contribution is -2.26. The Bertz CT molecular complexity index is 653. The average molecular weight is 317 g/mol. The van der Waals surface area contributed by atoms with Crippen LogP contribution in [0.25, 0.3) is 6.08 Å². The molecular formula is C15H15N3O3S. The van der Waals surface area contributed by atoms with E-state index in [-0.39, 0.29) is 12.3 Å². The molecule has 0 aliphatic carbocycles. The Kier molecular flexibility index (Phi) is 5.48. The minimum atomic E-state index is -1.01. The third-order valence-corrected chi connectivity index (χ3v) is 3.82. The van der Waals surface area contributed by atoms with E-state index in [2.05, 4.69) is 15.5 Å². The van der Waals surface area contributed by atoms with Crippen LogP contribution < -0.4 is 5.32 Å². The highest BCUT2D eigenvalue weighted by Gasteiger charge is 2.32. The average Bonchev–Trinajstić information content (AvgIpc) is 2.83. The number of nitrogens with zero attached hydrogens (tertiary/aromatic N) is 2. The summed E-state index contributed by atoms with van der Waals surface area (Å²) in [6, 6.07) is 9.77. The highest BCUT2D eigenvalue weighted by Crippen LogP contribution is 2.22. The molecule has 1 saturated heterocycles. The van der Waals surface area contributed by atoms with Crippen LogP contribution in [0.1, 0.15) is 18.9 Å². The van der Waals surface area contributed by atoms with Gasteiger partial charge in [-0.05, 0) is 18.6 Å². The summed E-state index contributed by atoms with van der Waals surface area (Å²) < 4.78 is 0. The first-order valence-electron chi connectivity index (χ1n) is 6.59. The Morgan fingerprint density at radius 2 is 2.14 bits per heavy atom. The third kappa shape index (κ3) is 4.85. The number of hydrogen-bond donors (Lipinski definition) is 2. The summed E-state index contributed by atoms with van der Waals surface area (Å²) in [6.45, 7) is 1.79. The number of amides is 1. The first-order chi connectivity index (χ1) is 10.5. The molecule has 1 heterocycles. The van der Waals surface area contributed by atoms with Gasteiger partial charge in [-0.3, -0.25) is 9.59 Å². The highest BCUT2D eigenvalue weighted by molar-refractivity contribution is 8.15. The van der Waals surface area contributed by atoms with E-state index in [0.717, 1.165) is 17.3 Å². The Morgan fingerprint density at radius 3 is 2.82 bits per heavy atom. The number of rotatable bonds is 5. The van der Waals surface area contributed by atoms with Gasteiger partial charge in [-0.1, -0.05) is 48.2 Å². The minimum Gasteiger partial charge on any atom is -0.481 e. The van der Waals surface area contributed by atoms with Gasteiger partial charge >= 0.3 is 5.97 Å². The molecule has 2 N–H and O–H groups in total. The van der Waals surface area contributed by atoms with Crippen LogP contribution in [0.3, 0.4) is 0 Å². The lowest BCUT2D eigenvalue weighted by atomic mass is 10.2. The number of thioether (sulfide) groups is 1. The van der Waals surface area contributed by atoms with E-state index in [0.29, 0.717) is 10.9 Å². The maximum absolute atomic E-state index is 11.5. The zero-order chi connectivity index (χ0) is 15.9. The monoisotopic (exact) mass is 317 g/mol. The van der Waals surface area contributed by atoms with Gasteiger partial charge in [-0.25, -0.2) is 0 Å². The molecule has 7 heteroatoms. The Morgan fingerprint density at radius 1 is 1.41 bits per heavy atom. The molecule has 2 rings (SSSR count). The number of allylic oxidation sites excluding steroid dienone is 1. The van der Waals surface area contributed by atoms with Crippen molar-refractivity contribution in [2.45, 2.75) is 18.6 Å². The van der Waals surface area contributed by atoms with Crippen LogP contribution in [0.2, 0.25) is 0 Å². The largest absolute Gasteiger partial charge is 0.481 e. The number of amidine groups is 1. The zero-order valence-electron chi connectivity index (χ0n) is 11.9. The fourth-order valence-corrected chi connectivity index (χ4v) is 2.59. The predicted molar refractivity (Wildman–Crippen MR) is 87.8 cm³/mol. The normalized spacial score (nSPS) is 20.6. The summed E-state index contributed by atoms with van der Waals surface area (Å²) in [5.74, 6) is -1.36. The molecule has 0 unspecified atom stereocenters. The molecule has 1 aromatic rings. The summed E-state index contributed by atoms with van der Waals surface area (Å²) in [5.41, 5.74) is 1.72. The van der Waals surface area contributed by atoms with Gasteiger partial charge in [0.15, 0.2) is 5.17 Å². The summed E-state index contributed by atoms with van der Waals surface area (Å²) in [6.07, 6.45) is 3.49. The molecule has 0 radical (unpaired) electrons. The van der Waals surface area contributed by atoms with E-state index in [1.807, 2.05) is 42.5 Å². The van der Waals surface area contributed by atoms with Gasteiger partial charge in [-0.15, -0.1) is 5.10 Å². The van der Waals surface area contributed by atoms with Crippen molar-refractivity contribution >= 4 is 40.6 Å². The maximum atomic E-state index is 11.5. The molecule has 0 saturated carbocycles. The number of hydrogen-bond acceptors (Lipinski definition) is 5. The molecule has 0 bridgehead atoms. The Labute approximate surface area is 132 Å². The lowest BCUT2D eigenvalue weighted by Gasteiger charge is -1.97. The number of carbonyl (C=O) groups is 2. The van der Waals surface area contributed by atoms with E-state index >= 15 is 0 Å². The van der Waals surface area contributed by atoms with Crippen molar-refractivity contribution < 1.29 is 14.7 Å². The van der Waals surface area contributed by atoms with Crippen LogP contribution in [0.5, 0.6) is 0 Å². The van der Waals surface area contributed by atoms with E-state index < -0.39 is 11.2 Å². The summed E-state index contributed by atoms with van der Waals surface area (Å²) in [5, 5.41) is 18.8. The van der Waals surface area contributed by atoms with Crippen molar-refractivity contribution in [3.8, 4) is 0 Å². The fourth-order valence-electron chi connectivity index (χ4n) is 1.68. The Hall–Kier alpha value is -2.41. The molecule has 1 amide bonds. The lowest BCUT2D eigenvalue weighted by molar-refractivity contribution is -0.138. The molecule has 0 spiro atoms. The van der Waals surface area contributed by atoms with E-state index in [1.54, 1.807) is 6.92 Å². The van der Waals surface area contributed by atoms with Crippen LogP contribution >= 0.6 is 11.8 Å². The molecule has 6 nitrogen and oxygen atoms in total. The highest BCUT2D eigenvalue weighted by atomic mass is 32.2. The molecule has 1 aromatic carbocycles. The summed E-state index contributed by atoms with van der Waals surface area (Å²) in [7, 11) is 0. The van der Waals surface area contributed by atoms with Crippen LogP contribution in [0, 0.1) is 0 Å². The van der Waals surface area contributed by atoms with Gasteiger partial charge in [0.05, 0.1) is 12.1 Å². The number of carboxylic acid groups (broad SMARTS) is 1. The van der Waals surface area contributed by atoms with E-state index in [4.69, 9.17) is 5.11 Å². The van der Waals surface area contributed by atoms with Gasteiger partial charge in [0.2, 0.25) is 5.91 Å². The van der Waals surface area contributed by atoms with Crippen molar-refractivity contribution in [2.75, 3.05) is 0 Å². The van der Waals surface area contributed by atoms with Gasteiger partial charge in [-0.2, -0.15) is 5.10 Å². The van der Waals surface area contributed by atoms with Gasteiger partial charge in [0, 0.05) is 0 Å². The van der Waals surface area contributed by atoms with Crippen molar-refractivity contribution in [3.05, 3.63) is 42.0 Å². The van der Waals surface area contributed by atoms with E-state index in [1.165, 1.54) is 0 Å². The topological polar surface area (TPSA) is 91.1 Å². The fraction of sp³-hybridized carbons (Fsp3) is 0.200. The van der Waals surface area contributed by atoms with Crippen LogP contribution in [-0.2, 0) is 9.59 Å². The SMILES string of the molecule is CC(/C=C/c1ccccc1)=NN=C1NC(=O)[C@H](CC(=O)O)S1. The van der Waals surface area contributed by atoms with Gasteiger partial charge in [0.25, 0.3) is 0 Å². The molecule has 1 aliphatic heterocycles. The first-order valence-corrected chi connectivity index (χ1v) is 7.47. The second-order valence-electron chi connectivity index (χ2n) is 4.58. The second-order valence-corrected chi connectivity index (χ2v) is 5.78. The van der Waals surface area contributed by atoms with Crippen molar-refractivity contribution in [1.29, 1.82) is 0 Å². The van der Waals surface area contributed by atoms with Crippen molar-refractivity contribution in [1.82, 2.24) is 5.32 Å². The van der Waals surface area contributed by atoms with Crippen LogP contribution in [-0.4, -0.2) is 33.1 Å². The number of carbonyl (C=O) groups excluding carboxylic acids is 1. The minimum absolute atomic E-state index is 0.230. The van der Waals surface area contributed by atoms with Crippen LogP contribution in [0.4, 0.5) is 0 Å². The molecule has 114 valence electrons. The number of nitrogens with one attached hydrogen (secondary N) is 1. The summed E-state index contributed by atoms with van der Waals surface area (Å²) in [4.78, 5) is 22.2. The van der Waals surface area contributed by atoms with Crippen LogP contribution in [0.15, 0.2) is 46.6 Å². The van der Waals surface area contributed by atoms with Crippen molar-refractivity contribution in [3.63, 3.8) is 0 Å². The molecule has 0 aromatic heterocycles. The second kappa shape index (κ2) is 7.56. The zero-order valence-corrected chi connectivity index (χ0v) is 12.7. The number of benzene rings is 1. The standard InChI is InChI=1S/C15H15N3O3S/c1-10(7-8-11-5-3-2-4-6-11)17-18-15-16-14(21)12(22-15)9-13(19)20/h2-8,12H,9H2,1H3,(H,19,20)(H,16,18,21)/b8-7+,17-10?/t12-/m0/s1. The quantitative estimate of drug-likeness (QED) is 0.643. The summed E-state index contributed by atoms with van der Waals surface area (Å²) >= 11 is 1.08. The molecule has 1 fully saturated rings. The Balaban J connectivity index is 1.97. The number of aliphatic carboxylic acids is 1. The third-order valence-electron chi connectivity index (χ3n) is 2.75. The maximum Gasteiger partial charge on any atom is 0.305 e. The first kappa shape index (κ1) is 16.0. The smallest absolute Gasteiger partial charge is 0.305 e. The molecule has 22 heavy (non-hydrogen) atoms. The molecule has 1 atom stereocenters. The van der Waals surface area contributed by atoms with E-state index in [9.17, 15) is 9.59 Å². The molecular weight excluding hydrogens is 302 g/mol. The van der Waals surface area contributed by atoms with Gasteiger partial charge in [0.1, 0.15) is 5.25 Å².